The summed E-state index contributed by atoms with van der Waals surface area (Å²) in [5, 5.41) is 9.18. The number of likely N-dealkylation sites (N-methyl/N-ethyl adjacent to an activating group) is 1. The van der Waals surface area contributed by atoms with E-state index in [1.165, 1.54) is 0 Å². The maximum Gasteiger partial charge on any atom is 0.335 e. The molecule has 1 aliphatic rings. The zero-order valence-electron chi connectivity index (χ0n) is 11.4. The average molecular weight is 264 g/mol. The first-order chi connectivity index (χ1) is 9.11. The van der Waals surface area contributed by atoms with E-state index in [0.29, 0.717) is 12.2 Å². The van der Waals surface area contributed by atoms with E-state index >= 15 is 0 Å². The molecule has 0 saturated carbocycles. The molecule has 1 N–H and O–H groups in total. The van der Waals surface area contributed by atoms with Crippen molar-refractivity contribution in [2.24, 2.45) is 0 Å². The highest BCUT2D eigenvalue weighted by Crippen LogP contribution is 2.21. The molecule has 0 bridgehead atoms. The Morgan fingerprint density at radius 1 is 1.58 bits per heavy atom. The SMILES string of the molecule is CCCc1cc(C(=O)O)cc(N(C)C2CCOC2)n1. The summed E-state index contributed by atoms with van der Waals surface area (Å²) < 4.78 is 5.37. The van der Waals surface area contributed by atoms with Gasteiger partial charge in [0.1, 0.15) is 5.82 Å². The van der Waals surface area contributed by atoms with Gasteiger partial charge in [-0.15, -0.1) is 0 Å². The van der Waals surface area contributed by atoms with Gasteiger partial charge in [0.15, 0.2) is 0 Å². The maximum absolute atomic E-state index is 11.2. The highest BCUT2D eigenvalue weighted by molar-refractivity contribution is 5.88. The van der Waals surface area contributed by atoms with Crippen LogP contribution in [0.25, 0.3) is 0 Å². The van der Waals surface area contributed by atoms with Crippen LogP contribution in [0, 0.1) is 0 Å². The predicted molar refractivity (Wildman–Crippen MR) is 72.8 cm³/mol. The molecule has 0 amide bonds. The Morgan fingerprint density at radius 2 is 2.37 bits per heavy atom. The summed E-state index contributed by atoms with van der Waals surface area (Å²) in [5.41, 5.74) is 1.14. The Balaban J connectivity index is 2.29. The molecule has 1 aliphatic heterocycles. The lowest BCUT2D eigenvalue weighted by atomic mass is 10.1. The normalized spacial score (nSPS) is 18.5. The molecule has 19 heavy (non-hydrogen) atoms. The number of carboxylic acids is 1. The average Bonchev–Trinajstić information content (AvgIpc) is 2.91. The summed E-state index contributed by atoms with van der Waals surface area (Å²) in [7, 11) is 1.95. The van der Waals surface area contributed by atoms with E-state index in [-0.39, 0.29) is 6.04 Å². The summed E-state index contributed by atoms with van der Waals surface area (Å²) in [6.45, 7) is 3.50. The number of rotatable bonds is 5. The number of hydrogen-bond acceptors (Lipinski definition) is 4. The lowest BCUT2D eigenvalue weighted by Crippen LogP contribution is -2.32. The molecule has 0 radical (unpaired) electrons. The van der Waals surface area contributed by atoms with Crippen molar-refractivity contribution in [3.63, 3.8) is 0 Å². The molecule has 2 rings (SSSR count). The maximum atomic E-state index is 11.2. The van der Waals surface area contributed by atoms with E-state index in [4.69, 9.17) is 4.74 Å². The fourth-order valence-electron chi connectivity index (χ4n) is 2.27. The second kappa shape index (κ2) is 6.02. The first kappa shape index (κ1) is 13.8. The van der Waals surface area contributed by atoms with Crippen LogP contribution >= 0.6 is 0 Å². The Labute approximate surface area is 113 Å². The van der Waals surface area contributed by atoms with Crippen molar-refractivity contribution in [3.8, 4) is 0 Å². The van der Waals surface area contributed by atoms with Gasteiger partial charge in [-0.2, -0.15) is 0 Å². The van der Waals surface area contributed by atoms with Gasteiger partial charge in [0.25, 0.3) is 0 Å². The lowest BCUT2D eigenvalue weighted by Gasteiger charge is -2.25. The zero-order valence-corrected chi connectivity index (χ0v) is 11.4. The number of pyridine rings is 1. The van der Waals surface area contributed by atoms with Gasteiger partial charge < -0.3 is 14.7 Å². The van der Waals surface area contributed by atoms with Gasteiger partial charge >= 0.3 is 5.97 Å². The molecule has 0 aromatic carbocycles. The number of ether oxygens (including phenoxy) is 1. The number of aryl methyl sites for hydroxylation is 1. The van der Waals surface area contributed by atoms with Crippen molar-refractivity contribution in [2.75, 3.05) is 25.2 Å². The summed E-state index contributed by atoms with van der Waals surface area (Å²) in [6, 6.07) is 3.58. The fourth-order valence-corrected chi connectivity index (χ4v) is 2.27. The van der Waals surface area contributed by atoms with E-state index in [0.717, 1.165) is 37.4 Å². The zero-order chi connectivity index (χ0) is 13.8. The molecular weight excluding hydrogens is 244 g/mol. The minimum absolute atomic E-state index is 0.283. The Hall–Kier alpha value is -1.62. The van der Waals surface area contributed by atoms with Gasteiger partial charge in [-0.05, 0) is 25.0 Å². The van der Waals surface area contributed by atoms with Crippen LogP contribution < -0.4 is 4.90 Å². The van der Waals surface area contributed by atoms with E-state index in [9.17, 15) is 9.90 Å². The highest BCUT2D eigenvalue weighted by atomic mass is 16.5. The third-order valence-corrected chi connectivity index (χ3v) is 3.43. The number of carbonyl (C=O) groups is 1. The summed E-state index contributed by atoms with van der Waals surface area (Å²) >= 11 is 0. The highest BCUT2D eigenvalue weighted by Gasteiger charge is 2.22. The van der Waals surface area contributed by atoms with Gasteiger partial charge in [-0.25, -0.2) is 9.78 Å². The van der Waals surface area contributed by atoms with Crippen molar-refractivity contribution in [2.45, 2.75) is 32.2 Å². The fraction of sp³-hybridized carbons (Fsp3) is 0.571. The lowest BCUT2D eigenvalue weighted by molar-refractivity contribution is 0.0696. The molecule has 0 spiro atoms. The van der Waals surface area contributed by atoms with Crippen molar-refractivity contribution in [3.05, 3.63) is 23.4 Å². The van der Waals surface area contributed by atoms with Crippen LogP contribution in [0.2, 0.25) is 0 Å². The van der Waals surface area contributed by atoms with Gasteiger partial charge in [0.05, 0.1) is 18.2 Å². The number of aromatic carboxylic acids is 1. The largest absolute Gasteiger partial charge is 0.478 e. The molecule has 0 aliphatic carbocycles. The third kappa shape index (κ3) is 3.23. The molecule has 104 valence electrons. The number of carboxylic acid groups (broad SMARTS) is 1. The minimum atomic E-state index is -0.905. The molecule has 5 heteroatoms. The first-order valence-electron chi connectivity index (χ1n) is 6.66. The second-order valence-electron chi connectivity index (χ2n) is 4.89. The van der Waals surface area contributed by atoms with E-state index < -0.39 is 5.97 Å². The molecule has 5 nitrogen and oxygen atoms in total. The van der Waals surface area contributed by atoms with Gasteiger partial charge in [0, 0.05) is 19.3 Å². The summed E-state index contributed by atoms with van der Waals surface area (Å²) in [5.74, 6) is -0.184. The molecule has 1 atom stereocenters. The Kier molecular flexibility index (Phi) is 4.37. The molecule has 1 saturated heterocycles. The minimum Gasteiger partial charge on any atom is -0.478 e. The van der Waals surface area contributed by atoms with Gasteiger partial charge in [0.2, 0.25) is 0 Å². The van der Waals surface area contributed by atoms with Crippen LogP contribution in [-0.4, -0.2) is 42.4 Å². The topological polar surface area (TPSA) is 62.7 Å². The molecule has 1 aromatic heterocycles. The number of hydrogen-bond donors (Lipinski definition) is 1. The van der Waals surface area contributed by atoms with Crippen LogP contribution in [0.4, 0.5) is 5.82 Å². The van der Waals surface area contributed by atoms with Crippen molar-refractivity contribution < 1.29 is 14.6 Å². The molecule has 1 aromatic rings. The monoisotopic (exact) mass is 264 g/mol. The smallest absolute Gasteiger partial charge is 0.335 e. The molecule has 2 heterocycles. The van der Waals surface area contributed by atoms with E-state index in [2.05, 4.69) is 11.9 Å². The second-order valence-corrected chi connectivity index (χ2v) is 4.89. The van der Waals surface area contributed by atoms with Crippen LogP contribution in [0.1, 0.15) is 35.8 Å². The van der Waals surface area contributed by atoms with Crippen molar-refractivity contribution in [1.29, 1.82) is 0 Å². The van der Waals surface area contributed by atoms with Crippen LogP contribution in [0.3, 0.4) is 0 Å². The Morgan fingerprint density at radius 3 is 2.95 bits per heavy atom. The molecular formula is C14H20N2O3. The Bertz CT molecular complexity index is 456. The molecule has 1 fully saturated rings. The van der Waals surface area contributed by atoms with Crippen LogP contribution in [0.15, 0.2) is 12.1 Å². The van der Waals surface area contributed by atoms with Crippen LogP contribution in [-0.2, 0) is 11.2 Å². The predicted octanol–water partition coefficient (Wildman–Crippen LogP) is 1.96. The van der Waals surface area contributed by atoms with Gasteiger partial charge in [-0.3, -0.25) is 0 Å². The van der Waals surface area contributed by atoms with Gasteiger partial charge in [-0.1, -0.05) is 13.3 Å². The third-order valence-electron chi connectivity index (χ3n) is 3.43. The van der Waals surface area contributed by atoms with E-state index in [1.54, 1.807) is 12.1 Å². The van der Waals surface area contributed by atoms with Crippen molar-refractivity contribution in [1.82, 2.24) is 4.98 Å². The molecule has 1 unspecified atom stereocenters. The summed E-state index contributed by atoms with van der Waals surface area (Å²) in [4.78, 5) is 17.8. The first-order valence-corrected chi connectivity index (χ1v) is 6.66. The standard InChI is InChI=1S/C14H20N2O3/c1-3-4-11-7-10(14(17)18)8-13(15-11)16(2)12-5-6-19-9-12/h7-8,12H,3-6,9H2,1-2H3,(H,17,18). The van der Waals surface area contributed by atoms with E-state index in [1.807, 2.05) is 11.9 Å². The van der Waals surface area contributed by atoms with Crippen LogP contribution in [0.5, 0.6) is 0 Å². The quantitative estimate of drug-likeness (QED) is 0.880. The number of nitrogens with zero attached hydrogens (tertiary/aromatic N) is 2. The summed E-state index contributed by atoms with van der Waals surface area (Å²) in [6.07, 6.45) is 2.70. The van der Waals surface area contributed by atoms with Crippen molar-refractivity contribution >= 4 is 11.8 Å². The number of anilines is 1. The number of aromatic nitrogens is 1.